The van der Waals surface area contributed by atoms with Crippen molar-refractivity contribution in [2.45, 2.75) is 39.2 Å². The zero-order valence-corrected chi connectivity index (χ0v) is 15.1. The summed E-state index contributed by atoms with van der Waals surface area (Å²) in [5.74, 6) is -0.347. The Labute approximate surface area is 154 Å². The minimum atomic E-state index is -0.542. The van der Waals surface area contributed by atoms with Crippen molar-refractivity contribution in [1.82, 2.24) is 0 Å². The Kier molecular flexibility index (Phi) is 8.19. The molecule has 5 nitrogen and oxygen atoms in total. The second-order valence-electron chi connectivity index (χ2n) is 5.96. The van der Waals surface area contributed by atoms with Crippen LogP contribution in [0.2, 0.25) is 0 Å². The Bertz CT molecular complexity index is 683. The number of carbonyl (C=O) groups is 2. The summed E-state index contributed by atoms with van der Waals surface area (Å²) in [6, 6.07) is 16.0. The first-order valence-electron chi connectivity index (χ1n) is 8.94. The van der Waals surface area contributed by atoms with Crippen LogP contribution in [0, 0.1) is 0 Å². The molecule has 0 unspecified atom stereocenters. The second-order valence-corrected chi connectivity index (χ2v) is 5.96. The smallest absolute Gasteiger partial charge is 0.411 e. The van der Waals surface area contributed by atoms with Crippen molar-refractivity contribution in [2.24, 2.45) is 0 Å². The van der Waals surface area contributed by atoms with Crippen LogP contribution >= 0.6 is 0 Å². The first-order chi connectivity index (χ1) is 12.7. The van der Waals surface area contributed by atoms with Crippen LogP contribution in [0.15, 0.2) is 54.6 Å². The first kappa shape index (κ1) is 19.5. The standard InChI is InChI=1S/C21H25NO4/c1-2-3-4-8-15-25-20(23)18-11-13-19(14-12-18)22-21(24)26-16-17-9-6-5-7-10-17/h5-7,9-14H,2-4,8,15-16H2,1H3,(H,22,24). The van der Waals surface area contributed by atoms with E-state index in [2.05, 4.69) is 12.2 Å². The maximum absolute atomic E-state index is 11.9. The number of hydrogen-bond acceptors (Lipinski definition) is 4. The Morgan fingerprint density at radius 1 is 0.885 bits per heavy atom. The molecule has 1 N–H and O–H groups in total. The summed E-state index contributed by atoms with van der Waals surface area (Å²) in [5, 5.41) is 2.63. The number of unbranched alkanes of at least 4 members (excludes halogenated alkanes) is 3. The van der Waals surface area contributed by atoms with Gasteiger partial charge in [-0.2, -0.15) is 0 Å². The molecule has 0 aliphatic heterocycles. The SMILES string of the molecule is CCCCCCOC(=O)c1ccc(NC(=O)OCc2ccccc2)cc1. The largest absolute Gasteiger partial charge is 0.462 e. The number of ether oxygens (including phenoxy) is 2. The van der Waals surface area contributed by atoms with Crippen LogP contribution in [0.25, 0.3) is 0 Å². The van der Waals surface area contributed by atoms with Crippen molar-refractivity contribution in [3.8, 4) is 0 Å². The van der Waals surface area contributed by atoms with E-state index in [4.69, 9.17) is 9.47 Å². The molecule has 0 aliphatic carbocycles. The zero-order valence-electron chi connectivity index (χ0n) is 15.1. The third kappa shape index (κ3) is 6.97. The van der Waals surface area contributed by atoms with Gasteiger partial charge in [0, 0.05) is 5.69 Å². The molecule has 0 saturated carbocycles. The summed E-state index contributed by atoms with van der Waals surface area (Å²) < 4.78 is 10.4. The fraction of sp³-hybridized carbons (Fsp3) is 0.333. The molecule has 0 fully saturated rings. The van der Waals surface area contributed by atoms with Crippen molar-refractivity contribution < 1.29 is 19.1 Å². The van der Waals surface area contributed by atoms with E-state index in [1.54, 1.807) is 24.3 Å². The van der Waals surface area contributed by atoms with Gasteiger partial charge in [0.1, 0.15) is 6.61 Å². The average molecular weight is 355 g/mol. The molecule has 2 aromatic rings. The van der Waals surface area contributed by atoms with E-state index >= 15 is 0 Å². The lowest BCUT2D eigenvalue weighted by Gasteiger charge is -2.08. The zero-order chi connectivity index (χ0) is 18.6. The van der Waals surface area contributed by atoms with Crippen LogP contribution in [-0.4, -0.2) is 18.7 Å². The van der Waals surface area contributed by atoms with Gasteiger partial charge in [-0.3, -0.25) is 5.32 Å². The van der Waals surface area contributed by atoms with Gasteiger partial charge in [0.25, 0.3) is 0 Å². The number of rotatable bonds is 9. The highest BCUT2D eigenvalue weighted by Gasteiger charge is 2.08. The van der Waals surface area contributed by atoms with Crippen molar-refractivity contribution in [3.05, 3.63) is 65.7 Å². The van der Waals surface area contributed by atoms with Crippen molar-refractivity contribution in [1.29, 1.82) is 0 Å². The first-order valence-corrected chi connectivity index (χ1v) is 8.94. The minimum Gasteiger partial charge on any atom is -0.462 e. The quantitative estimate of drug-likeness (QED) is 0.498. The molecule has 2 rings (SSSR count). The average Bonchev–Trinajstić information content (AvgIpc) is 2.67. The molecule has 26 heavy (non-hydrogen) atoms. The molecular formula is C21H25NO4. The molecular weight excluding hydrogens is 330 g/mol. The van der Waals surface area contributed by atoms with E-state index in [0.717, 1.165) is 31.2 Å². The van der Waals surface area contributed by atoms with Gasteiger partial charge in [-0.25, -0.2) is 9.59 Å². The van der Waals surface area contributed by atoms with Crippen LogP contribution in [0.1, 0.15) is 48.5 Å². The number of amides is 1. The van der Waals surface area contributed by atoms with E-state index in [9.17, 15) is 9.59 Å². The predicted molar refractivity (Wildman–Crippen MR) is 101 cm³/mol. The molecule has 1 amide bonds. The number of esters is 1. The fourth-order valence-electron chi connectivity index (χ4n) is 2.34. The van der Waals surface area contributed by atoms with E-state index in [1.807, 2.05) is 30.3 Å². The summed E-state index contributed by atoms with van der Waals surface area (Å²) in [4.78, 5) is 23.7. The molecule has 0 atom stereocenters. The Balaban J connectivity index is 1.74. The van der Waals surface area contributed by atoms with E-state index in [0.29, 0.717) is 17.9 Å². The van der Waals surface area contributed by atoms with Gasteiger partial charge >= 0.3 is 12.1 Å². The van der Waals surface area contributed by atoms with Gasteiger partial charge in [0.2, 0.25) is 0 Å². The number of carbonyl (C=O) groups excluding carboxylic acids is 2. The topological polar surface area (TPSA) is 64.6 Å². The van der Waals surface area contributed by atoms with E-state index in [1.165, 1.54) is 0 Å². The number of benzene rings is 2. The Morgan fingerprint density at radius 3 is 2.31 bits per heavy atom. The molecule has 0 heterocycles. The number of anilines is 1. The van der Waals surface area contributed by atoms with E-state index in [-0.39, 0.29) is 12.6 Å². The second kappa shape index (κ2) is 10.9. The maximum Gasteiger partial charge on any atom is 0.411 e. The highest BCUT2D eigenvalue weighted by atomic mass is 16.5. The molecule has 0 bridgehead atoms. The van der Waals surface area contributed by atoms with Gasteiger partial charge in [-0.05, 0) is 36.2 Å². The van der Waals surface area contributed by atoms with Crippen LogP contribution in [0.4, 0.5) is 10.5 Å². The molecule has 5 heteroatoms. The highest BCUT2D eigenvalue weighted by molar-refractivity contribution is 5.91. The Morgan fingerprint density at radius 2 is 1.62 bits per heavy atom. The third-order valence-electron chi connectivity index (χ3n) is 3.81. The van der Waals surface area contributed by atoms with Crippen LogP contribution in [-0.2, 0) is 16.1 Å². The normalized spacial score (nSPS) is 10.2. The van der Waals surface area contributed by atoms with Gasteiger partial charge in [-0.15, -0.1) is 0 Å². The molecule has 0 aromatic heterocycles. The predicted octanol–water partition coefficient (Wildman–Crippen LogP) is 5.17. The van der Waals surface area contributed by atoms with Gasteiger partial charge < -0.3 is 9.47 Å². The maximum atomic E-state index is 11.9. The van der Waals surface area contributed by atoms with E-state index < -0.39 is 6.09 Å². The lowest BCUT2D eigenvalue weighted by atomic mass is 10.2. The monoisotopic (exact) mass is 355 g/mol. The van der Waals surface area contributed by atoms with Crippen LogP contribution in [0.3, 0.4) is 0 Å². The summed E-state index contributed by atoms with van der Waals surface area (Å²) >= 11 is 0. The van der Waals surface area contributed by atoms with Crippen LogP contribution < -0.4 is 5.32 Å². The summed E-state index contributed by atoms with van der Waals surface area (Å²) in [6.45, 7) is 2.78. The molecule has 2 aromatic carbocycles. The molecule has 0 saturated heterocycles. The molecule has 0 spiro atoms. The third-order valence-corrected chi connectivity index (χ3v) is 3.81. The number of nitrogens with one attached hydrogen (secondary N) is 1. The Hall–Kier alpha value is -2.82. The van der Waals surface area contributed by atoms with Crippen molar-refractivity contribution in [2.75, 3.05) is 11.9 Å². The molecule has 138 valence electrons. The highest BCUT2D eigenvalue weighted by Crippen LogP contribution is 2.12. The van der Waals surface area contributed by atoms with Gasteiger partial charge in [-0.1, -0.05) is 56.5 Å². The van der Waals surface area contributed by atoms with Crippen molar-refractivity contribution >= 4 is 17.7 Å². The van der Waals surface area contributed by atoms with Gasteiger partial charge in [0.15, 0.2) is 0 Å². The molecule has 0 radical (unpaired) electrons. The lowest BCUT2D eigenvalue weighted by Crippen LogP contribution is -2.13. The van der Waals surface area contributed by atoms with Crippen molar-refractivity contribution in [3.63, 3.8) is 0 Å². The summed E-state index contributed by atoms with van der Waals surface area (Å²) in [6.07, 6.45) is 3.71. The molecule has 0 aliphatic rings. The fourth-order valence-corrected chi connectivity index (χ4v) is 2.34. The lowest BCUT2D eigenvalue weighted by molar-refractivity contribution is 0.0498. The van der Waals surface area contributed by atoms with Crippen LogP contribution in [0.5, 0.6) is 0 Å². The minimum absolute atomic E-state index is 0.203. The van der Waals surface area contributed by atoms with Gasteiger partial charge in [0.05, 0.1) is 12.2 Å². The summed E-state index contributed by atoms with van der Waals surface area (Å²) in [5.41, 5.74) is 1.94. The summed E-state index contributed by atoms with van der Waals surface area (Å²) in [7, 11) is 0. The number of hydrogen-bond donors (Lipinski definition) is 1.